The largest absolute Gasteiger partial charge is 0.382 e. The molecule has 1 aliphatic carbocycles. The Balaban J connectivity index is 1.91. The monoisotopic (exact) mass is 342 g/mol. The van der Waals surface area contributed by atoms with Crippen molar-refractivity contribution in [1.29, 1.82) is 0 Å². The minimum Gasteiger partial charge on any atom is -0.382 e. The van der Waals surface area contributed by atoms with Crippen LogP contribution < -0.4 is 0 Å². The average Bonchev–Trinajstić information content (AvgIpc) is 2.90. The zero-order valence-corrected chi connectivity index (χ0v) is 13.2. The van der Waals surface area contributed by atoms with Gasteiger partial charge in [0.2, 0.25) is 0 Å². The van der Waals surface area contributed by atoms with E-state index in [0.29, 0.717) is 0 Å². The number of aliphatic hydroxyl groups excluding tert-OH is 1. The topological polar surface area (TPSA) is 20.2 Å². The molecule has 1 nitrogen and oxygen atoms in total. The molecule has 3 rings (SSSR count). The Bertz CT molecular complexity index is 520. The fourth-order valence-electron chi connectivity index (χ4n) is 2.45. The highest BCUT2D eigenvalue weighted by Gasteiger charge is 2.20. The fourth-order valence-corrected chi connectivity index (χ4v) is 5.37. The molecule has 1 N–H and O–H groups in total. The third-order valence-electron chi connectivity index (χ3n) is 3.43. The van der Waals surface area contributed by atoms with E-state index in [2.05, 4.69) is 22.0 Å². The van der Waals surface area contributed by atoms with Crippen LogP contribution in [0.4, 0.5) is 0 Å². The summed E-state index contributed by atoms with van der Waals surface area (Å²) in [5.74, 6) is 0. The van der Waals surface area contributed by atoms with Gasteiger partial charge >= 0.3 is 0 Å². The van der Waals surface area contributed by atoms with Gasteiger partial charge < -0.3 is 5.11 Å². The van der Waals surface area contributed by atoms with Crippen molar-refractivity contribution in [2.24, 2.45) is 0 Å². The number of fused-ring (bicyclic) bond motifs is 1. The molecule has 0 bridgehead atoms. The maximum atomic E-state index is 10.5. The lowest BCUT2D eigenvalue weighted by molar-refractivity contribution is 0.227. The van der Waals surface area contributed by atoms with Gasteiger partial charge in [-0.15, -0.1) is 22.7 Å². The molecule has 96 valence electrons. The second-order valence-electron chi connectivity index (χ2n) is 4.69. The normalized spacial score (nSPS) is 17.2. The Morgan fingerprint density at radius 2 is 2.06 bits per heavy atom. The second kappa shape index (κ2) is 5.45. The minimum atomic E-state index is -0.462. The van der Waals surface area contributed by atoms with E-state index in [1.807, 2.05) is 11.4 Å². The van der Waals surface area contributed by atoms with Crippen molar-refractivity contribution in [3.05, 3.63) is 42.2 Å². The Kier molecular flexibility index (Phi) is 3.89. The number of thiophene rings is 2. The zero-order chi connectivity index (χ0) is 12.5. The number of aliphatic hydroxyl groups is 1. The molecule has 2 aromatic heterocycles. The number of hydrogen-bond acceptors (Lipinski definition) is 3. The molecule has 18 heavy (non-hydrogen) atoms. The van der Waals surface area contributed by atoms with Crippen molar-refractivity contribution < 1.29 is 5.11 Å². The molecule has 2 heterocycles. The smallest absolute Gasteiger partial charge is 0.123 e. The Morgan fingerprint density at radius 1 is 1.22 bits per heavy atom. The van der Waals surface area contributed by atoms with Crippen molar-refractivity contribution in [2.45, 2.75) is 38.2 Å². The van der Waals surface area contributed by atoms with Crippen LogP contribution in [0.1, 0.15) is 45.6 Å². The van der Waals surface area contributed by atoms with Crippen LogP contribution in [0, 0.1) is 0 Å². The Labute approximate surface area is 124 Å². The summed E-state index contributed by atoms with van der Waals surface area (Å²) in [6.45, 7) is 0. The molecule has 1 atom stereocenters. The molecule has 0 aliphatic heterocycles. The van der Waals surface area contributed by atoms with Crippen LogP contribution in [0.5, 0.6) is 0 Å². The van der Waals surface area contributed by atoms with Crippen molar-refractivity contribution in [1.82, 2.24) is 0 Å². The molecule has 0 spiro atoms. The molecule has 1 unspecified atom stereocenters. The highest BCUT2D eigenvalue weighted by Crippen LogP contribution is 2.38. The summed E-state index contributed by atoms with van der Waals surface area (Å²) >= 11 is 6.92. The number of rotatable bonds is 2. The van der Waals surface area contributed by atoms with Gasteiger partial charge in [-0.3, -0.25) is 0 Å². The quantitative estimate of drug-likeness (QED) is 0.767. The maximum absolute atomic E-state index is 10.5. The van der Waals surface area contributed by atoms with Gasteiger partial charge in [0.25, 0.3) is 0 Å². The molecule has 0 amide bonds. The Morgan fingerprint density at radius 3 is 2.83 bits per heavy atom. The first kappa shape index (κ1) is 12.9. The van der Waals surface area contributed by atoms with E-state index in [-0.39, 0.29) is 0 Å². The lowest BCUT2D eigenvalue weighted by atomic mass is 10.1. The third-order valence-corrected chi connectivity index (χ3v) is 6.64. The van der Waals surface area contributed by atoms with E-state index in [0.717, 1.165) is 14.2 Å². The van der Waals surface area contributed by atoms with Crippen LogP contribution in [0.3, 0.4) is 0 Å². The Hall–Kier alpha value is -0.160. The predicted molar refractivity (Wildman–Crippen MR) is 81.7 cm³/mol. The first-order valence-corrected chi connectivity index (χ1v) is 8.77. The standard InChI is InChI=1S/C14H15BrOS2/c15-10-6-7-17-14(10)13(16)12-8-9-4-2-1-3-5-11(9)18-12/h6-8,13,16H,1-5H2. The maximum Gasteiger partial charge on any atom is 0.123 e. The van der Waals surface area contributed by atoms with Gasteiger partial charge in [0.15, 0.2) is 0 Å². The SMILES string of the molecule is OC(c1cc2c(s1)CCCCC2)c1sccc1Br. The van der Waals surface area contributed by atoms with E-state index in [1.54, 1.807) is 22.7 Å². The molecular formula is C14H15BrOS2. The van der Waals surface area contributed by atoms with Crippen LogP contribution in [-0.2, 0) is 12.8 Å². The molecular weight excluding hydrogens is 328 g/mol. The predicted octanol–water partition coefficient (Wildman–Crippen LogP) is 4.92. The summed E-state index contributed by atoms with van der Waals surface area (Å²) < 4.78 is 1.02. The molecule has 0 saturated heterocycles. The van der Waals surface area contributed by atoms with Gasteiger partial charge in [0.05, 0.1) is 4.88 Å². The fraction of sp³-hybridized carbons (Fsp3) is 0.429. The van der Waals surface area contributed by atoms with Crippen LogP contribution in [0.25, 0.3) is 0 Å². The summed E-state index contributed by atoms with van der Waals surface area (Å²) in [6.07, 6.45) is 5.85. The lowest BCUT2D eigenvalue weighted by Crippen LogP contribution is -1.94. The van der Waals surface area contributed by atoms with Crippen molar-refractivity contribution in [3.8, 4) is 0 Å². The molecule has 1 aliphatic rings. The van der Waals surface area contributed by atoms with Crippen molar-refractivity contribution in [3.63, 3.8) is 0 Å². The lowest BCUT2D eigenvalue weighted by Gasteiger charge is -2.06. The van der Waals surface area contributed by atoms with Gasteiger partial charge in [0, 0.05) is 14.2 Å². The first-order valence-electron chi connectivity index (χ1n) is 6.28. The average molecular weight is 343 g/mol. The van der Waals surface area contributed by atoms with Crippen LogP contribution in [0.15, 0.2) is 22.0 Å². The van der Waals surface area contributed by atoms with Crippen LogP contribution in [0.2, 0.25) is 0 Å². The van der Waals surface area contributed by atoms with Crippen molar-refractivity contribution in [2.75, 3.05) is 0 Å². The minimum absolute atomic E-state index is 0.462. The highest BCUT2D eigenvalue weighted by molar-refractivity contribution is 9.10. The van der Waals surface area contributed by atoms with E-state index >= 15 is 0 Å². The summed E-state index contributed by atoms with van der Waals surface area (Å²) in [7, 11) is 0. The third kappa shape index (κ3) is 2.44. The molecule has 2 aromatic rings. The van der Waals surface area contributed by atoms with Gasteiger partial charge in [-0.25, -0.2) is 0 Å². The van der Waals surface area contributed by atoms with Gasteiger partial charge in [-0.2, -0.15) is 0 Å². The summed E-state index contributed by atoms with van der Waals surface area (Å²) in [4.78, 5) is 3.62. The zero-order valence-electron chi connectivity index (χ0n) is 9.99. The number of hydrogen-bond donors (Lipinski definition) is 1. The van der Waals surface area contributed by atoms with E-state index in [4.69, 9.17) is 0 Å². The van der Waals surface area contributed by atoms with E-state index in [1.165, 1.54) is 42.5 Å². The molecule has 0 fully saturated rings. The molecule has 0 saturated carbocycles. The summed E-state index contributed by atoms with van der Waals surface area (Å²) in [5.41, 5.74) is 1.47. The molecule has 4 heteroatoms. The summed E-state index contributed by atoms with van der Waals surface area (Å²) in [5, 5.41) is 12.5. The molecule has 0 aromatic carbocycles. The number of aryl methyl sites for hydroxylation is 2. The first-order chi connectivity index (χ1) is 8.75. The van der Waals surface area contributed by atoms with Gasteiger partial charge in [-0.1, -0.05) is 6.42 Å². The van der Waals surface area contributed by atoms with E-state index < -0.39 is 6.10 Å². The van der Waals surface area contributed by atoms with Crippen LogP contribution >= 0.6 is 38.6 Å². The van der Waals surface area contributed by atoms with E-state index in [9.17, 15) is 5.11 Å². The van der Waals surface area contributed by atoms with Gasteiger partial charge in [0.1, 0.15) is 6.10 Å². The van der Waals surface area contributed by atoms with Crippen molar-refractivity contribution >= 4 is 38.6 Å². The number of halogens is 1. The molecule has 0 radical (unpaired) electrons. The second-order valence-corrected chi connectivity index (χ2v) is 7.66. The summed E-state index contributed by atoms with van der Waals surface area (Å²) in [6, 6.07) is 4.23. The van der Waals surface area contributed by atoms with Crippen LogP contribution in [-0.4, -0.2) is 5.11 Å². The van der Waals surface area contributed by atoms with Gasteiger partial charge in [-0.05, 0) is 64.7 Å². The highest BCUT2D eigenvalue weighted by atomic mass is 79.9.